The molecule has 30 heavy (non-hydrogen) atoms. The average Bonchev–Trinajstić information content (AvgIpc) is 3.39. The molecule has 161 valence electrons. The van der Waals surface area contributed by atoms with E-state index in [2.05, 4.69) is 27.5 Å². The van der Waals surface area contributed by atoms with E-state index in [-0.39, 0.29) is 5.78 Å². The molecule has 1 unspecified atom stereocenters. The molecular weight excluding hydrogens is 424 g/mol. The Balaban J connectivity index is 2.46. The van der Waals surface area contributed by atoms with Crippen molar-refractivity contribution in [2.45, 2.75) is 44.7 Å². The van der Waals surface area contributed by atoms with Crippen LogP contribution < -0.4 is 22.1 Å². The first kappa shape index (κ1) is 23.4. The van der Waals surface area contributed by atoms with Crippen LogP contribution in [0, 0.1) is 16.7 Å². The number of carbonyl (C=O) groups is 2. The van der Waals surface area contributed by atoms with Crippen LogP contribution in [0.3, 0.4) is 0 Å². The molecule has 2 rings (SSSR count). The summed E-state index contributed by atoms with van der Waals surface area (Å²) in [7, 11) is 0. The van der Waals surface area contributed by atoms with E-state index in [0.717, 1.165) is 19.3 Å². The number of rotatable bonds is 12. The Labute approximate surface area is 182 Å². The molecule has 0 amide bonds. The van der Waals surface area contributed by atoms with Crippen LogP contribution in [0.1, 0.15) is 53.9 Å². The van der Waals surface area contributed by atoms with E-state index < -0.39 is 29.8 Å². The second-order valence-corrected chi connectivity index (χ2v) is 8.08. The first-order chi connectivity index (χ1) is 14.3. The minimum atomic E-state index is -1.26. The lowest BCUT2D eigenvalue weighted by Crippen LogP contribution is -2.57. The first-order valence-electron chi connectivity index (χ1n) is 9.27. The molecule has 2 aromatic heterocycles. The molecule has 2 heterocycles. The van der Waals surface area contributed by atoms with Crippen LogP contribution in [0.5, 0.6) is 0 Å². The SMILES string of the molecule is CCCCC[C](C(=O)c1cncs1)C(C(=O)C(NC(=N)N)NC(=N)N)c1cscn1. The molecular formula is C18H25N8O2S2. The Bertz CT molecular complexity index is 838. The summed E-state index contributed by atoms with van der Waals surface area (Å²) < 4.78 is 0. The smallest absolute Gasteiger partial charge is 0.187 e. The fraction of sp³-hybridized carbons (Fsp3) is 0.389. The third-order valence-electron chi connectivity index (χ3n) is 4.26. The largest absolute Gasteiger partial charge is 0.370 e. The number of thiazole rings is 2. The maximum Gasteiger partial charge on any atom is 0.187 e. The summed E-state index contributed by atoms with van der Waals surface area (Å²) in [6.07, 6.45) is 3.22. The summed E-state index contributed by atoms with van der Waals surface area (Å²) in [5.74, 6) is -2.29. The molecule has 1 atom stereocenters. The van der Waals surface area contributed by atoms with E-state index >= 15 is 0 Å². The van der Waals surface area contributed by atoms with Gasteiger partial charge in [0.25, 0.3) is 0 Å². The van der Waals surface area contributed by atoms with Crippen molar-refractivity contribution in [1.29, 1.82) is 10.8 Å². The molecule has 0 fully saturated rings. The fourth-order valence-electron chi connectivity index (χ4n) is 2.96. The fourth-order valence-corrected chi connectivity index (χ4v) is 4.13. The van der Waals surface area contributed by atoms with E-state index in [1.165, 1.54) is 28.9 Å². The van der Waals surface area contributed by atoms with Crippen LogP contribution in [-0.4, -0.2) is 39.6 Å². The third-order valence-corrected chi connectivity index (χ3v) is 5.64. The monoisotopic (exact) mass is 449 g/mol. The van der Waals surface area contributed by atoms with Crippen LogP contribution in [-0.2, 0) is 4.79 Å². The van der Waals surface area contributed by atoms with Crippen LogP contribution in [0.4, 0.5) is 0 Å². The molecule has 0 aliphatic heterocycles. The van der Waals surface area contributed by atoms with Gasteiger partial charge >= 0.3 is 0 Å². The van der Waals surface area contributed by atoms with E-state index in [1.807, 2.05) is 0 Å². The van der Waals surface area contributed by atoms with Gasteiger partial charge in [0.2, 0.25) is 0 Å². The standard InChI is InChI=1S/C18H25N8O2S2/c1-2-3-4-5-10(14(27)12-6-23-8-30-12)13(11-7-29-9-24-11)15(28)16(25-17(19)20)26-18(21)22/h6-9,13,16H,2-5H2,1H3,(H4,19,20,25)(H4,21,22,26). The molecule has 0 aliphatic rings. The van der Waals surface area contributed by atoms with Gasteiger partial charge in [-0.25, -0.2) is 4.98 Å². The van der Waals surface area contributed by atoms with Crippen molar-refractivity contribution in [3.05, 3.63) is 39.1 Å². The summed E-state index contributed by atoms with van der Waals surface area (Å²) in [5, 5.41) is 21.6. The molecule has 8 N–H and O–H groups in total. The van der Waals surface area contributed by atoms with Gasteiger partial charge in [-0.15, -0.1) is 22.7 Å². The molecule has 10 nitrogen and oxygen atoms in total. The molecule has 0 saturated heterocycles. The highest BCUT2D eigenvalue weighted by Gasteiger charge is 2.40. The quantitative estimate of drug-likeness (QED) is 0.0927. The Hall–Kier alpha value is -2.86. The Morgan fingerprint density at radius 2 is 1.87 bits per heavy atom. The molecule has 2 aromatic rings. The van der Waals surface area contributed by atoms with Gasteiger partial charge in [0, 0.05) is 11.6 Å². The van der Waals surface area contributed by atoms with Gasteiger partial charge in [0.05, 0.1) is 33.4 Å². The van der Waals surface area contributed by atoms with Gasteiger partial charge in [0.1, 0.15) is 0 Å². The molecule has 0 spiro atoms. The second kappa shape index (κ2) is 11.4. The number of unbranched alkanes of at least 4 members (excludes halogenated alkanes) is 2. The van der Waals surface area contributed by atoms with E-state index in [4.69, 9.17) is 22.3 Å². The lowest BCUT2D eigenvalue weighted by Gasteiger charge is -2.28. The highest BCUT2D eigenvalue weighted by atomic mass is 32.1. The van der Waals surface area contributed by atoms with Crippen LogP contribution in [0.2, 0.25) is 0 Å². The van der Waals surface area contributed by atoms with Gasteiger partial charge in [-0.3, -0.25) is 25.4 Å². The molecule has 12 heteroatoms. The molecule has 0 aromatic carbocycles. The van der Waals surface area contributed by atoms with E-state index in [1.54, 1.807) is 16.4 Å². The highest BCUT2D eigenvalue weighted by Crippen LogP contribution is 2.35. The zero-order valence-corrected chi connectivity index (χ0v) is 18.1. The number of aromatic nitrogens is 2. The van der Waals surface area contributed by atoms with Gasteiger partial charge in [0.15, 0.2) is 29.7 Å². The van der Waals surface area contributed by atoms with Crippen molar-refractivity contribution in [1.82, 2.24) is 20.6 Å². The molecule has 0 saturated carbocycles. The number of ketones is 2. The Morgan fingerprint density at radius 3 is 2.37 bits per heavy atom. The zero-order valence-electron chi connectivity index (χ0n) is 16.5. The zero-order chi connectivity index (χ0) is 22.1. The number of guanidine groups is 2. The topological polar surface area (TPSA) is 184 Å². The van der Waals surface area contributed by atoms with Crippen molar-refractivity contribution in [2.75, 3.05) is 0 Å². The van der Waals surface area contributed by atoms with Crippen LogP contribution >= 0.6 is 22.7 Å². The number of hydrogen-bond acceptors (Lipinski definition) is 8. The maximum absolute atomic E-state index is 13.5. The predicted octanol–water partition coefficient (Wildman–Crippen LogP) is 1.58. The average molecular weight is 450 g/mol. The lowest BCUT2D eigenvalue weighted by atomic mass is 9.79. The van der Waals surface area contributed by atoms with Gasteiger partial charge in [-0.2, -0.15) is 0 Å². The van der Waals surface area contributed by atoms with Crippen LogP contribution in [0.15, 0.2) is 22.6 Å². The number of nitrogens with two attached hydrogens (primary N) is 2. The van der Waals surface area contributed by atoms with Crippen molar-refractivity contribution < 1.29 is 9.59 Å². The van der Waals surface area contributed by atoms with Crippen LogP contribution in [0.25, 0.3) is 0 Å². The van der Waals surface area contributed by atoms with E-state index in [9.17, 15) is 9.59 Å². The van der Waals surface area contributed by atoms with Gasteiger partial charge < -0.3 is 22.1 Å². The second-order valence-electron chi connectivity index (χ2n) is 6.47. The summed E-state index contributed by atoms with van der Waals surface area (Å²) in [4.78, 5) is 35.5. The first-order valence-corrected chi connectivity index (χ1v) is 11.1. The summed E-state index contributed by atoms with van der Waals surface area (Å²) in [6, 6.07) is 0. The van der Waals surface area contributed by atoms with Crippen molar-refractivity contribution in [3.8, 4) is 0 Å². The minimum Gasteiger partial charge on any atom is -0.370 e. The minimum absolute atomic E-state index is 0.260. The normalized spacial score (nSPS) is 12.9. The Morgan fingerprint density at radius 1 is 1.17 bits per heavy atom. The third kappa shape index (κ3) is 6.32. The molecule has 0 bridgehead atoms. The number of carbonyl (C=O) groups excluding carboxylic acids is 2. The highest BCUT2D eigenvalue weighted by molar-refractivity contribution is 7.11. The predicted molar refractivity (Wildman–Crippen MR) is 118 cm³/mol. The maximum atomic E-state index is 13.5. The number of nitrogens with one attached hydrogen (secondary N) is 4. The summed E-state index contributed by atoms with van der Waals surface area (Å²) in [6.45, 7) is 2.05. The van der Waals surface area contributed by atoms with Gasteiger partial charge in [-0.1, -0.05) is 26.2 Å². The lowest BCUT2D eigenvalue weighted by molar-refractivity contribution is -0.122. The van der Waals surface area contributed by atoms with Gasteiger partial charge in [-0.05, 0) is 6.42 Å². The molecule has 1 radical (unpaired) electrons. The summed E-state index contributed by atoms with van der Waals surface area (Å²) in [5.41, 5.74) is 14.4. The summed E-state index contributed by atoms with van der Waals surface area (Å²) >= 11 is 2.51. The molecule has 0 aliphatic carbocycles. The number of Topliss-reactive ketones (excluding diaryl/α,β-unsaturated/α-hetero) is 2. The van der Waals surface area contributed by atoms with Crippen molar-refractivity contribution in [3.63, 3.8) is 0 Å². The Kier molecular flexibility index (Phi) is 8.87. The number of nitrogens with zero attached hydrogens (tertiary/aromatic N) is 2. The number of hydrogen-bond donors (Lipinski definition) is 6. The van der Waals surface area contributed by atoms with Crippen molar-refractivity contribution >= 4 is 46.2 Å². The van der Waals surface area contributed by atoms with E-state index in [0.29, 0.717) is 22.9 Å². The van der Waals surface area contributed by atoms with Crippen molar-refractivity contribution in [2.24, 2.45) is 11.5 Å².